The Balaban J connectivity index is 0.000000312. The SMILES string of the molecule is N=C(N)N1CCc2ccc(Br)cc2C1.O=S(=O)(O)O. The summed E-state index contributed by atoms with van der Waals surface area (Å²) in [4.78, 5) is 1.88. The maximum atomic E-state index is 8.74. The second-order valence-corrected chi connectivity index (χ2v) is 5.73. The highest BCUT2D eigenvalue weighted by Crippen LogP contribution is 2.22. The lowest BCUT2D eigenvalue weighted by Gasteiger charge is -2.29. The Morgan fingerprint density at radius 3 is 2.47 bits per heavy atom. The van der Waals surface area contributed by atoms with Crippen LogP contribution >= 0.6 is 15.9 Å². The molecule has 0 saturated carbocycles. The Kier molecular flexibility index (Phi) is 5.29. The van der Waals surface area contributed by atoms with Crippen LogP contribution in [-0.2, 0) is 23.4 Å². The molecule has 1 aromatic rings. The molecule has 0 saturated heterocycles. The van der Waals surface area contributed by atoms with Crippen LogP contribution in [0.4, 0.5) is 0 Å². The number of nitrogens with one attached hydrogen (secondary N) is 1. The quantitative estimate of drug-likeness (QED) is 0.314. The van der Waals surface area contributed by atoms with E-state index >= 15 is 0 Å². The molecule has 1 heterocycles. The summed E-state index contributed by atoms with van der Waals surface area (Å²) in [5.41, 5.74) is 8.09. The summed E-state index contributed by atoms with van der Waals surface area (Å²) in [6.07, 6.45) is 0.974. The smallest absolute Gasteiger partial charge is 0.370 e. The number of hydrogen-bond donors (Lipinski definition) is 4. The lowest BCUT2D eigenvalue weighted by atomic mass is 10.0. The normalized spacial score (nSPS) is 14.2. The third kappa shape index (κ3) is 6.01. The molecule has 0 spiro atoms. The first-order valence-electron chi connectivity index (χ1n) is 5.23. The van der Waals surface area contributed by atoms with E-state index in [2.05, 4.69) is 34.1 Å². The summed E-state index contributed by atoms with van der Waals surface area (Å²) in [6.45, 7) is 1.61. The standard InChI is InChI=1S/C10H12BrN3.H2O4S/c11-9-2-1-7-3-4-14(10(12)13)6-8(7)5-9;1-5(2,3)4/h1-2,5H,3-4,6H2,(H3,12,13);(H2,1,2,3,4). The van der Waals surface area contributed by atoms with Crippen LogP contribution in [0.1, 0.15) is 11.1 Å². The Bertz CT molecular complexity index is 568. The van der Waals surface area contributed by atoms with Crippen molar-refractivity contribution in [3.8, 4) is 0 Å². The summed E-state index contributed by atoms with van der Waals surface area (Å²) in [7, 11) is -4.67. The summed E-state index contributed by atoms with van der Waals surface area (Å²) >= 11 is 3.44. The highest BCUT2D eigenvalue weighted by molar-refractivity contribution is 9.10. The van der Waals surface area contributed by atoms with E-state index < -0.39 is 10.4 Å². The van der Waals surface area contributed by atoms with Gasteiger partial charge in [0.25, 0.3) is 0 Å². The number of guanidine groups is 1. The average molecular weight is 352 g/mol. The number of rotatable bonds is 0. The first kappa shape index (κ1) is 15.9. The lowest BCUT2D eigenvalue weighted by molar-refractivity contribution is 0.381. The molecule has 9 heteroatoms. The van der Waals surface area contributed by atoms with Crippen LogP contribution in [0.5, 0.6) is 0 Å². The molecule has 0 fully saturated rings. The van der Waals surface area contributed by atoms with Crippen LogP contribution < -0.4 is 5.73 Å². The van der Waals surface area contributed by atoms with Crippen molar-refractivity contribution in [1.82, 2.24) is 4.90 Å². The Hall–Kier alpha value is -1.16. The van der Waals surface area contributed by atoms with E-state index in [1.165, 1.54) is 11.1 Å². The Labute approximate surface area is 119 Å². The fourth-order valence-electron chi connectivity index (χ4n) is 1.73. The topological polar surface area (TPSA) is 128 Å². The Morgan fingerprint density at radius 1 is 1.37 bits per heavy atom. The highest BCUT2D eigenvalue weighted by Gasteiger charge is 2.16. The van der Waals surface area contributed by atoms with Crippen molar-refractivity contribution in [2.75, 3.05) is 6.54 Å². The molecule has 2 rings (SSSR count). The van der Waals surface area contributed by atoms with E-state index in [1.54, 1.807) is 0 Å². The van der Waals surface area contributed by atoms with Gasteiger partial charge in [-0.1, -0.05) is 22.0 Å². The number of halogens is 1. The molecule has 1 aliphatic heterocycles. The van der Waals surface area contributed by atoms with E-state index in [4.69, 9.17) is 28.7 Å². The first-order valence-corrected chi connectivity index (χ1v) is 7.42. The van der Waals surface area contributed by atoms with E-state index in [-0.39, 0.29) is 5.96 Å². The van der Waals surface area contributed by atoms with Gasteiger partial charge in [0.1, 0.15) is 0 Å². The second-order valence-electron chi connectivity index (χ2n) is 3.92. The number of fused-ring (bicyclic) bond motifs is 1. The molecule has 0 radical (unpaired) electrons. The highest BCUT2D eigenvalue weighted by atomic mass is 79.9. The van der Waals surface area contributed by atoms with Crippen molar-refractivity contribution in [2.45, 2.75) is 13.0 Å². The summed E-state index contributed by atoms with van der Waals surface area (Å²) < 4.78 is 32.7. The minimum atomic E-state index is -4.67. The van der Waals surface area contributed by atoms with Gasteiger partial charge >= 0.3 is 10.4 Å². The molecule has 0 aliphatic carbocycles. The molecule has 0 amide bonds. The number of hydrogen-bond acceptors (Lipinski definition) is 3. The average Bonchev–Trinajstić information content (AvgIpc) is 2.25. The zero-order valence-corrected chi connectivity index (χ0v) is 12.3. The molecule has 19 heavy (non-hydrogen) atoms. The molecule has 0 bridgehead atoms. The van der Waals surface area contributed by atoms with E-state index in [9.17, 15) is 0 Å². The van der Waals surface area contributed by atoms with Gasteiger partial charge in [-0.3, -0.25) is 14.5 Å². The minimum absolute atomic E-state index is 0.163. The molecule has 5 N–H and O–H groups in total. The second kappa shape index (κ2) is 6.33. The molecule has 106 valence electrons. The number of nitrogens with zero attached hydrogens (tertiary/aromatic N) is 1. The number of benzene rings is 1. The molecule has 0 atom stereocenters. The van der Waals surface area contributed by atoms with Crippen molar-refractivity contribution >= 4 is 32.3 Å². The van der Waals surface area contributed by atoms with Crippen molar-refractivity contribution in [2.24, 2.45) is 5.73 Å². The van der Waals surface area contributed by atoms with Gasteiger partial charge in [-0.15, -0.1) is 0 Å². The molecule has 1 aromatic carbocycles. The Morgan fingerprint density at radius 2 is 1.95 bits per heavy atom. The summed E-state index contributed by atoms with van der Waals surface area (Å²) in [6, 6.07) is 6.30. The van der Waals surface area contributed by atoms with E-state index in [1.807, 2.05) is 4.90 Å². The van der Waals surface area contributed by atoms with Crippen LogP contribution in [-0.4, -0.2) is 34.9 Å². The largest absolute Gasteiger partial charge is 0.394 e. The molecule has 0 aromatic heterocycles. The van der Waals surface area contributed by atoms with Crippen LogP contribution in [0.15, 0.2) is 22.7 Å². The maximum Gasteiger partial charge on any atom is 0.394 e. The van der Waals surface area contributed by atoms with Gasteiger partial charge in [-0.25, -0.2) is 0 Å². The molecule has 7 nitrogen and oxygen atoms in total. The van der Waals surface area contributed by atoms with Crippen LogP contribution in [0.2, 0.25) is 0 Å². The zero-order valence-electron chi connectivity index (χ0n) is 9.88. The van der Waals surface area contributed by atoms with Gasteiger partial charge < -0.3 is 10.6 Å². The molecule has 1 aliphatic rings. The van der Waals surface area contributed by atoms with Crippen LogP contribution in [0.25, 0.3) is 0 Å². The predicted molar refractivity (Wildman–Crippen MR) is 74.3 cm³/mol. The predicted octanol–water partition coefficient (Wildman–Crippen LogP) is 1.05. The van der Waals surface area contributed by atoms with Crippen molar-refractivity contribution < 1.29 is 17.5 Å². The summed E-state index contributed by atoms with van der Waals surface area (Å²) in [5, 5.41) is 7.38. The first-order chi connectivity index (χ1) is 8.66. The van der Waals surface area contributed by atoms with Gasteiger partial charge in [0.05, 0.1) is 0 Å². The lowest BCUT2D eigenvalue weighted by Crippen LogP contribution is -2.40. The van der Waals surface area contributed by atoms with Gasteiger partial charge in [-0.2, -0.15) is 8.42 Å². The molecule has 0 unspecified atom stereocenters. The third-order valence-electron chi connectivity index (χ3n) is 2.52. The molecular weight excluding hydrogens is 338 g/mol. The summed E-state index contributed by atoms with van der Waals surface area (Å²) in [5.74, 6) is 0.163. The fraction of sp³-hybridized carbons (Fsp3) is 0.300. The minimum Gasteiger partial charge on any atom is -0.370 e. The van der Waals surface area contributed by atoms with Gasteiger partial charge in [-0.05, 0) is 29.7 Å². The number of nitrogens with two attached hydrogens (primary N) is 1. The van der Waals surface area contributed by atoms with Crippen molar-refractivity contribution in [1.29, 1.82) is 5.41 Å². The van der Waals surface area contributed by atoms with E-state index in [0.717, 1.165) is 24.0 Å². The van der Waals surface area contributed by atoms with Crippen LogP contribution in [0.3, 0.4) is 0 Å². The monoisotopic (exact) mass is 351 g/mol. The van der Waals surface area contributed by atoms with Gasteiger partial charge in [0.2, 0.25) is 0 Å². The van der Waals surface area contributed by atoms with Crippen LogP contribution in [0, 0.1) is 5.41 Å². The third-order valence-corrected chi connectivity index (χ3v) is 3.01. The molecular formula is C10H14BrN3O4S. The van der Waals surface area contributed by atoms with Crippen molar-refractivity contribution in [3.63, 3.8) is 0 Å². The van der Waals surface area contributed by atoms with Gasteiger partial charge in [0, 0.05) is 17.6 Å². The van der Waals surface area contributed by atoms with E-state index in [0.29, 0.717) is 0 Å². The van der Waals surface area contributed by atoms with Crippen molar-refractivity contribution in [3.05, 3.63) is 33.8 Å². The van der Waals surface area contributed by atoms with Gasteiger partial charge in [0.15, 0.2) is 5.96 Å². The zero-order chi connectivity index (χ0) is 14.6. The maximum absolute atomic E-state index is 8.74. The fourth-order valence-corrected chi connectivity index (χ4v) is 2.14.